The van der Waals surface area contributed by atoms with E-state index in [1.54, 1.807) is 19.1 Å². The number of nitrogens with one attached hydrogen (secondary N) is 1. The van der Waals surface area contributed by atoms with Crippen LogP contribution in [-0.4, -0.2) is 40.0 Å². The van der Waals surface area contributed by atoms with Crippen LogP contribution in [0, 0.1) is 0 Å². The summed E-state index contributed by atoms with van der Waals surface area (Å²) in [5, 5.41) is 29.8. The molecule has 1 aromatic carbocycles. The third kappa shape index (κ3) is 4.05. The Balaban J connectivity index is 2.61. The highest BCUT2D eigenvalue weighted by Crippen LogP contribution is 2.11. The molecule has 0 unspecified atom stereocenters. The van der Waals surface area contributed by atoms with E-state index in [1.165, 1.54) is 12.1 Å². The van der Waals surface area contributed by atoms with Crippen molar-refractivity contribution in [3.05, 3.63) is 29.8 Å². The third-order valence-corrected chi connectivity index (χ3v) is 2.41. The summed E-state index contributed by atoms with van der Waals surface area (Å²) in [6.07, 6.45) is 0.0873. The van der Waals surface area contributed by atoms with Gasteiger partial charge in [0.05, 0.1) is 25.2 Å². The Kier molecular flexibility index (Phi) is 4.48. The van der Waals surface area contributed by atoms with E-state index in [0.29, 0.717) is 5.56 Å². The first-order chi connectivity index (χ1) is 7.99. The molecular weight excluding hydrogens is 222 g/mol. The molecule has 1 amide bonds. The molecule has 0 fully saturated rings. The minimum absolute atomic E-state index is 0.0873. The first-order valence-electron chi connectivity index (χ1n) is 5.30. The Labute approximate surface area is 99.7 Å². The molecule has 94 valence electrons. The van der Waals surface area contributed by atoms with E-state index in [4.69, 9.17) is 10.2 Å². The summed E-state index contributed by atoms with van der Waals surface area (Å²) in [7, 11) is 0. The van der Waals surface area contributed by atoms with Gasteiger partial charge in [0.15, 0.2) is 0 Å². The lowest BCUT2D eigenvalue weighted by Crippen LogP contribution is -2.52. The number of benzene rings is 1. The Hall–Kier alpha value is -1.59. The zero-order chi connectivity index (χ0) is 12.9. The van der Waals surface area contributed by atoms with Crippen molar-refractivity contribution in [2.24, 2.45) is 0 Å². The van der Waals surface area contributed by atoms with Crippen molar-refractivity contribution in [1.29, 1.82) is 0 Å². The van der Waals surface area contributed by atoms with Crippen molar-refractivity contribution in [2.75, 3.05) is 13.2 Å². The second-order valence-electron chi connectivity index (χ2n) is 4.27. The maximum atomic E-state index is 11.6. The molecule has 4 N–H and O–H groups in total. The van der Waals surface area contributed by atoms with Crippen LogP contribution in [0.5, 0.6) is 5.75 Å². The van der Waals surface area contributed by atoms with Gasteiger partial charge in [-0.05, 0) is 24.6 Å². The Morgan fingerprint density at radius 1 is 1.35 bits per heavy atom. The fourth-order valence-electron chi connectivity index (χ4n) is 1.36. The zero-order valence-corrected chi connectivity index (χ0v) is 9.68. The number of rotatable bonds is 5. The van der Waals surface area contributed by atoms with Gasteiger partial charge >= 0.3 is 0 Å². The fourth-order valence-corrected chi connectivity index (χ4v) is 1.36. The molecule has 1 aromatic rings. The summed E-state index contributed by atoms with van der Waals surface area (Å²) in [6.45, 7) is 0.873. The summed E-state index contributed by atoms with van der Waals surface area (Å²) in [5.74, 6) is -0.219. The van der Waals surface area contributed by atoms with Gasteiger partial charge < -0.3 is 20.6 Å². The van der Waals surface area contributed by atoms with Crippen LogP contribution >= 0.6 is 0 Å². The molecule has 0 radical (unpaired) electrons. The first kappa shape index (κ1) is 13.5. The maximum absolute atomic E-state index is 11.6. The molecule has 0 bridgehead atoms. The van der Waals surface area contributed by atoms with Crippen molar-refractivity contribution in [2.45, 2.75) is 18.9 Å². The SMILES string of the molecule is CC(CO)(CO)NC(=O)Cc1cccc(O)c1. The van der Waals surface area contributed by atoms with Gasteiger partial charge in [0.1, 0.15) is 5.75 Å². The van der Waals surface area contributed by atoms with E-state index < -0.39 is 5.54 Å². The highest BCUT2D eigenvalue weighted by molar-refractivity contribution is 5.79. The Morgan fingerprint density at radius 3 is 2.53 bits per heavy atom. The normalized spacial score (nSPS) is 11.2. The number of carbonyl (C=O) groups excluding carboxylic acids is 1. The van der Waals surface area contributed by atoms with Crippen LogP contribution in [-0.2, 0) is 11.2 Å². The van der Waals surface area contributed by atoms with Crippen molar-refractivity contribution < 1.29 is 20.1 Å². The van der Waals surface area contributed by atoms with Crippen LogP contribution in [0.3, 0.4) is 0 Å². The molecule has 0 spiro atoms. The van der Waals surface area contributed by atoms with Crippen LogP contribution < -0.4 is 5.32 Å². The Morgan fingerprint density at radius 2 is 2.00 bits per heavy atom. The standard InChI is InChI=1S/C12H17NO4/c1-12(7-14,8-15)13-11(17)6-9-3-2-4-10(16)5-9/h2-5,14-16H,6-8H2,1H3,(H,13,17). The third-order valence-electron chi connectivity index (χ3n) is 2.41. The number of aliphatic hydroxyl groups is 2. The minimum Gasteiger partial charge on any atom is -0.508 e. The molecule has 0 saturated carbocycles. The average molecular weight is 239 g/mol. The highest BCUT2D eigenvalue weighted by atomic mass is 16.3. The predicted molar refractivity (Wildman–Crippen MR) is 62.5 cm³/mol. The highest BCUT2D eigenvalue weighted by Gasteiger charge is 2.24. The molecule has 0 aromatic heterocycles. The minimum atomic E-state index is -1.02. The van der Waals surface area contributed by atoms with Crippen LogP contribution in [0.2, 0.25) is 0 Å². The molecule has 1 rings (SSSR count). The number of aliphatic hydroxyl groups excluding tert-OH is 2. The van der Waals surface area contributed by atoms with Gasteiger partial charge in [0.25, 0.3) is 0 Å². The lowest BCUT2D eigenvalue weighted by atomic mass is 10.0. The predicted octanol–water partition coefficient (Wildman–Crippen LogP) is -0.206. The average Bonchev–Trinajstić information content (AvgIpc) is 2.28. The van der Waals surface area contributed by atoms with Gasteiger partial charge in [0, 0.05) is 0 Å². The van der Waals surface area contributed by atoms with E-state index in [1.807, 2.05) is 0 Å². The second-order valence-corrected chi connectivity index (χ2v) is 4.27. The molecule has 0 aliphatic carbocycles. The molecule has 0 saturated heterocycles. The van der Waals surface area contributed by atoms with E-state index in [-0.39, 0.29) is 31.3 Å². The molecule has 0 heterocycles. The van der Waals surface area contributed by atoms with Gasteiger partial charge in [0.2, 0.25) is 5.91 Å². The summed E-state index contributed by atoms with van der Waals surface area (Å²) in [6, 6.07) is 6.38. The van der Waals surface area contributed by atoms with E-state index >= 15 is 0 Å². The quantitative estimate of drug-likeness (QED) is 0.572. The summed E-state index contributed by atoms with van der Waals surface area (Å²) < 4.78 is 0. The fraction of sp³-hybridized carbons (Fsp3) is 0.417. The molecule has 5 heteroatoms. The number of phenols is 1. The largest absolute Gasteiger partial charge is 0.508 e. The second kappa shape index (κ2) is 5.65. The molecule has 17 heavy (non-hydrogen) atoms. The number of phenolic OH excluding ortho intramolecular Hbond substituents is 1. The number of carbonyl (C=O) groups is 1. The number of aromatic hydroxyl groups is 1. The topological polar surface area (TPSA) is 89.8 Å². The molecule has 0 aliphatic rings. The van der Waals surface area contributed by atoms with Crippen molar-refractivity contribution >= 4 is 5.91 Å². The summed E-state index contributed by atoms with van der Waals surface area (Å²) in [5.41, 5.74) is -0.353. The van der Waals surface area contributed by atoms with Gasteiger partial charge in [-0.3, -0.25) is 4.79 Å². The number of amides is 1. The van der Waals surface area contributed by atoms with Gasteiger partial charge in [-0.2, -0.15) is 0 Å². The van der Waals surface area contributed by atoms with Crippen molar-refractivity contribution in [3.8, 4) is 5.75 Å². The summed E-state index contributed by atoms with van der Waals surface area (Å²) in [4.78, 5) is 11.6. The number of hydrogen-bond acceptors (Lipinski definition) is 4. The monoisotopic (exact) mass is 239 g/mol. The molecule has 0 aliphatic heterocycles. The van der Waals surface area contributed by atoms with E-state index in [2.05, 4.69) is 5.32 Å². The lowest BCUT2D eigenvalue weighted by Gasteiger charge is -2.26. The van der Waals surface area contributed by atoms with E-state index in [0.717, 1.165) is 0 Å². The molecule has 5 nitrogen and oxygen atoms in total. The van der Waals surface area contributed by atoms with Crippen LogP contribution in [0.25, 0.3) is 0 Å². The van der Waals surface area contributed by atoms with Gasteiger partial charge in [-0.1, -0.05) is 12.1 Å². The van der Waals surface area contributed by atoms with Gasteiger partial charge in [-0.25, -0.2) is 0 Å². The van der Waals surface area contributed by atoms with Crippen LogP contribution in [0.4, 0.5) is 0 Å². The molecule has 0 atom stereocenters. The molecular formula is C12H17NO4. The zero-order valence-electron chi connectivity index (χ0n) is 9.68. The number of hydrogen-bond donors (Lipinski definition) is 4. The smallest absolute Gasteiger partial charge is 0.225 e. The summed E-state index contributed by atoms with van der Waals surface area (Å²) >= 11 is 0. The van der Waals surface area contributed by atoms with Crippen LogP contribution in [0.15, 0.2) is 24.3 Å². The lowest BCUT2D eigenvalue weighted by molar-refractivity contribution is -0.123. The van der Waals surface area contributed by atoms with E-state index in [9.17, 15) is 9.90 Å². The Bertz CT molecular complexity index is 388. The van der Waals surface area contributed by atoms with Gasteiger partial charge in [-0.15, -0.1) is 0 Å². The van der Waals surface area contributed by atoms with Crippen molar-refractivity contribution in [3.63, 3.8) is 0 Å². The van der Waals surface area contributed by atoms with Crippen molar-refractivity contribution in [1.82, 2.24) is 5.32 Å². The maximum Gasteiger partial charge on any atom is 0.225 e. The first-order valence-corrected chi connectivity index (χ1v) is 5.30. The van der Waals surface area contributed by atoms with Crippen LogP contribution in [0.1, 0.15) is 12.5 Å².